The van der Waals surface area contributed by atoms with Crippen molar-refractivity contribution in [3.63, 3.8) is 0 Å². The standard InChI is InChI=1S/C27H31N/c1-16(2)19-14-23(17(3)4)26(24(15-19)18(5)6)22-12-9-11-21-20-10-7-8-13-25(20)28-27(21)22/h7-18,28H,1-6H3. The van der Waals surface area contributed by atoms with Gasteiger partial charge in [-0.1, -0.05) is 90.1 Å². The first-order chi connectivity index (χ1) is 13.4. The van der Waals surface area contributed by atoms with Crippen molar-refractivity contribution in [1.82, 2.24) is 4.98 Å². The summed E-state index contributed by atoms with van der Waals surface area (Å²) in [6.07, 6.45) is 0. The Morgan fingerprint density at radius 1 is 0.643 bits per heavy atom. The second-order valence-corrected chi connectivity index (χ2v) is 8.94. The summed E-state index contributed by atoms with van der Waals surface area (Å²) in [5.41, 5.74) is 9.58. The minimum Gasteiger partial charge on any atom is -0.354 e. The Morgan fingerprint density at radius 2 is 1.25 bits per heavy atom. The van der Waals surface area contributed by atoms with Crippen molar-refractivity contribution in [2.45, 2.75) is 59.3 Å². The topological polar surface area (TPSA) is 15.8 Å². The number of benzene rings is 3. The first kappa shape index (κ1) is 18.8. The lowest BCUT2D eigenvalue weighted by molar-refractivity contribution is 0.808. The molecule has 0 aliphatic carbocycles. The number of aromatic amines is 1. The molecule has 0 fully saturated rings. The Bertz CT molecular complexity index is 1110. The molecule has 0 atom stereocenters. The van der Waals surface area contributed by atoms with E-state index in [1.54, 1.807) is 0 Å². The number of hydrogen-bond acceptors (Lipinski definition) is 0. The predicted molar refractivity (Wildman–Crippen MR) is 124 cm³/mol. The van der Waals surface area contributed by atoms with Crippen LogP contribution in [0.1, 0.15) is 76.0 Å². The molecule has 0 amide bonds. The van der Waals surface area contributed by atoms with Gasteiger partial charge >= 0.3 is 0 Å². The number of para-hydroxylation sites is 2. The lowest BCUT2D eigenvalue weighted by Crippen LogP contribution is -2.04. The van der Waals surface area contributed by atoms with Gasteiger partial charge in [0, 0.05) is 21.9 Å². The van der Waals surface area contributed by atoms with Crippen molar-refractivity contribution in [2.24, 2.45) is 0 Å². The Hall–Kier alpha value is -2.54. The highest BCUT2D eigenvalue weighted by Crippen LogP contribution is 2.42. The molecule has 4 rings (SSSR count). The number of nitrogens with one attached hydrogen (secondary N) is 1. The first-order valence-corrected chi connectivity index (χ1v) is 10.6. The van der Waals surface area contributed by atoms with Gasteiger partial charge < -0.3 is 4.98 Å². The van der Waals surface area contributed by atoms with Crippen molar-refractivity contribution in [1.29, 1.82) is 0 Å². The number of aromatic nitrogens is 1. The molecule has 0 bridgehead atoms. The highest BCUT2D eigenvalue weighted by atomic mass is 14.7. The van der Waals surface area contributed by atoms with Gasteiger partial charge in [0.15, 0.2) is 0 Å². The van der Waals surface area contributed by atoms with Crippen LogP contribution in [0.2, 0.25) is 0 Å². The van der Waals surface area contributed by atoms with Crippen molar-refractivity contribution >= 4 is 21.8 Å². The van der Waals surface area contributed by atoms with E-state index in [4.69, 9.17) is 0 Å². The van der Waals surface area contributed by atoms with E-state index in [1.807, 2.05) is 0 Å². The maximum Gasteiger partial charge on any atom is 0.0544 e. The monoisotopic (exact) mass is 369 g/mol. The Balaban J connectivity index is 2.11. The smallest absolute Gasteiger partial charge is 0.0544 e. The van der Waals surface area contributed by atoms with Crippen LogP contribution in [0.3, 0.4) is 0 Å². The quantitative estimate of drug-likeness (QED) is 0.372. The molecule has 144 valence electrons. The maximum atomic E-state index is 3.71. The molecule has 0 radical (unpaired) electrons. The molecule has 0 aliphatic heterocycles. The van der Waals surface area contributed by atoms with Gasteiger partial charge in [0.05, 0.1) is 5.52 Å². The van der Waals surface area contributed by atoms with Crippen LogP contribution in [0.5, 0.6) is 0 Å². The summed E-state index contributed by atoms with van der Waals surface area (Å²) in [4.78, 5) is 3.71. The number of fused-ring (bicyclic) bond motifs is 3. The van der Waals surface area contributed by atoms with E-state index in [-0.39, 0.29) is 0 Å². The van der Waals surface area contributed by atoms with Crippen molar-refractivity contribution < 1.29 is 0 Å². The number of rotatable bonds is 4. The SMILES string of the molecule is CC(C)c1cc(C(C)C)c(-c2cccc3c2[nH]c2ccccc23)c(C(C)C)c1. The third-order valence-electron chi connectivity index (χ3n) is 5.94. The molecular formula is C27H31N. The molecule has 0 saturated carbocycles. The van der Waals surface area contributed by atoms with Gasteiger partial charge in [-0.05, 0) is 46.1 Å². The Labute approximate surface area is 168 Å². The molecule has 0 saturated heterocycles. The van der Waals surface area contributed by atoms with E-state index in [0.29, 0.717) is 17.8 Å². The van der Waals surface area contributed by atoms with Gasteiger partial charge in [0.2, 0.25) is 0 Å². The molecule has 28 heavy (non-hydrogen) atoms. The van der Waals surface area contributed by atoms with Crippen LogP contribution in [0, 0.1) is 0 Å². The summed E-state index contributed by atoms with van der Waals surface area (Å²) in [5, 5.41) is 2.61. The summed E-state index contributed by atoms with van der Waals surface area (Å²) < 4.78 is 0. The summed E-state index contributed by atoms with van der Waals surface area (Å²) in [6.45, 7) is 13.9. The number of H-pyrrole nitrogens is 1. The highest BCUT2D eigenvalue weighted by Gasteiger charge is 2.20. The van der Waals surface area contributed by atoms with Crippen molar-refractivity contribution in [3.8, 4) is 11.1 Å². The zero-order valence-corrected chi connectivity index (χ0v) is 17.9. The fourth-order valence-corrected chi connectivity index (χ4v) is 4.35. The molecule has 1 nitrogen and oxygen atoms in total. The van der Waals surface area contributed by atoms with Gasteiger partial charge in [0.1, 0.15) is 0 Å². The second-order valence-electron chi connectivity index (χ2n) is 8.94. The van der Waals surface area contributed by atoms with E-state index < -0.39 is 0 Å². The summed E-state index contributed by atoms with van der Waals surface area (Å²) in [5.74, 6) is 1.49. The molecule has 3 aromatic carbocycles. The van der Waals surface area contributed by atoms with Crippen LogP contribution >= 0.6 is 0 Å². The minimum atomic E-state index is 0.478. The van der Waals surface area contributed by atoms with E-state index in [2.05, 4.69) is 101 Å². The van der Waals surface area contributed by atoms with E-state index in [1.165, 1.54) is 49.6 Å². The van der Waals surface area contributed by atoms with E-state index in [9.17, 15) is 0 Å². The summed E-state index contributed by atoms with van der Waals surface area (Å²) >= 11 is 0. The Morgan fingerprint density at radius 3 is 1.86 bits per heavy atom. The Kier molecular flexibility index (Phi) is 4.79. The maximum absolute atomic E-state index is 3.71. The molecule has 0 unspecified atom stereocenters. The van der Waals surface area contributed by atoms with Gasteiger partial charge in [-0.3, -0.25) is 0 Å². The third kappa shape index (κ3) is 3.03. The van der Waals surface area contributed by atoms with Gasteiger partial charge in [-0.2, -0.15) is 0 Å². The normalized spacial score (nSPS) is 12.2. The molecule has 1 heterocycles. The zero-order valence-electron chi connectivity index (χ0n) is 17.9. The predicted octanol–water partition coefficient (Wildman–Crippen LogP) is 8.36. The van der Waals surface area contributed by atoms with Crippen molar-refractivity contribution in [3.05, 3.63) is 71.3 Å². The largest absolute Gasteiger partial charge is 0.354 e. The van der Waals surface area contributed by atoms with Gasteiger partial charge in [-0.25, -0.2) is 0 Å². The van der Waals surface area contributed by atoms with Crippen molar-refractivity contribution in [2.75, 3.05) is 0 Å². The third-order valence-corrected chi connectivity index (χ3v) is 5.94. The second kappa shape index (κ2) is 7.13. The average Bonchev–Trinajstić information content (AvgIpc) is 3.05. The fourth-order valence-electron chi connectivity index (χ4n) is 4.35. The van der Waals surface area contributed by atoms with Crippen LogP contribution in [0.25, 0.3) is 32.9 Å². The van der Waals surface area contributed by atoms with Crippen LogP contribution < -0.4 is 0 Å². The van der Waals surface area contributed by atoms with Gasteiger partial charge in [-0.15, -0.1) is 0 Å². The highest BCUT2D eigenvalue weighted by molar-refractivity contribution is 6.12. The molecule has 0 aliphatic rings. The molecule has 0 spiro atoms. The van der Waals surface area contributed by atoms with Crippen LogP contribution in [-0.2, 0) is 0 Å². The van der Waals surface area contributed by atoms with Crippen LogP contribution in [-0.4, -0.2) is 4.98 Å². The zero-order chi connectivity index (χ0) is 20.0. The average molecular weight is 370 g/mol. The summed E-state index contributed by atoms with van der Waals surface area (Å²) in [7, 11) is 0. The molecule has 1 N–H and O–H groups in total. The lowest BCUT2D eigenvalue weighted by Gasteiger charge is -2.23. The molecule has 4 aromatic rings. The van der Waals surface area contributed by atoms with Gasteiger partial charge in [0.25, 0.3) is 0 Å². The fraction of sp³-hybridized carbons (Fsp3) is 0.333. The minimum absolute atomic E-state index is 0.478. The first-order valence-electron chi connectivity index (χ1n) is 10.6. The van der Waals surface area contributed by atoms with E-state index >= 15 is 0 Å². The molecular weight excluding hydrogens is 338 g/mol. The lowest BCUT2D eigenvalue weighted by atomic mass is 9.81. The number of hydrogen-bond donors (Lipinski definition) is 1. The van der Waals surface area contributed by atoms with Crippen LogP contribution in [0.4, 0.5) is 0 Å². The van der Waals surface area contributed by atoms with Crippen LogP contribution in [0.15, 0.2) is 54.6 Å². The van der Waals surface area contributed by atoms with E-state index in [0.717, 1.165) is 0 Å². The molecule has 1 aromatic heterocycles. The summed E-state index contributed by atoms with van der Waals surface area (Å²) in [6, 6.07) is 20.2. The molecule has 1 heteroatoms.